The summed E-state index contributed by atoms with van der Waals surface area (Å²) in [6, 6.07) is 14.2. The van der Waals surface area contributed by atoms with Crippen molar-refractivity contribution in [3.8, 4) is 5.75 Å². The van der Waals surface area contributed by atoms with Crippen LogP contribution in [0.4, 0.5) is 0 Å². The highest BCUT2D eigenvalue weighted by Crippen LogP contribution is 2.26. The predicted octanol–water partition coefficient (Wildman–Crippen LogP) is 4.19. The van der Waals surface area contributed by atoms with Crippen LogP contribution in [0.3, 0.4) is 0 Å². The molecule has 2 aromatic carbocycles. The first-order valence-corrected chi connectivity index (χ1v) is 8.74. The summed E-state index contributed by atoms with van der Waals surface area (Å²) in [5, 5.41) is 3.13. The lowest BCUT2D eigenvalue weighted by Gasteiger charge is -2.18. The number of rotatable bonds is 5. The second kappa shape index (κ2) is 7.18. The molecule has 1 aliphatic rings. The summed E-state index contributed by atoms with van der Waals surface area (Å²) in [5.74, 6) is 1.01. The lowest BCUT2D eigenvalue weighted by molar-refractivity contribution is -0.121. The molecule has 1 heterocycles. The number of nitrogens with one attached hydrogen (secondary N) is 1. The second-order valence-corrected chi connectivity index (χ2v) is 6.71. The lowest BCUT2D eigenvalue weighted by atomic mass is 10.0. The van der Waals surface area contributed by atoms with Crippen LogP contribution in [0.2, 0.25) is 0 Å². The SMILES string of the molecule is CCC(NC(=O)Cc1ccc2c(c1)CCO2)c1ccc(Br)cc1. The Balaban J connectivity index is 1.64. The summed E-state index contributed by atoms with van der Waals surface area (Å²) in [7, 11) is 0. The molecule has 0 bridgehead atoms. The van der Waals surface area contributed by atoms with E-state index in [2.05, 4.69) is 34.2 Å². The highest BCUT2D eigenvalue weighted by atomic mass is 79.9. The molecule has 0 saturated heterocycles. The number of amides is 1. The number of fused-ring (bicyclic) bond motifs is 1. The number of carbonyl (C=O) groups is 1. The Hall–Kier alpha value is -1.81. The third kappa shape index (κ3) is 3.94. The van der Waals surface area contributed by atoms with Crippen LogP contribution in [-0.2, 0) is 17.6 Å². The van der Waals surface area contributed by atoms with Gasteiger partial charge in [0.25, 0.3) is 0 Å². The minimum Gasteiger partial charge on any atom is -0.493 e. The number of hydrogen-bond donors (Lipinski definition) is 1. The standard InChI is InChI=1S/C19H20BrNO2/c1-2-17(14-4-6-16(20)7-5-14)21-19(22)12-13-3-8-18-15(11-13)9-10-23-18/h3-8,11,17H,2,9-10,12H2,1H3,(H,21,22). The topological polar surface area (TPSA) is 38.3 Å². The van der Waals surface area contributed by atoms with E-state index in [0.717, 1.165) is 40.8 Å². The third-order valence-electron chi connectivity index (χ3n) is 4.13. The van der Waals surface area contributed by atoms with Crippen molar-refractivity contribution in [3.63, 3.8) is 0 Å². The van der Waals surface area contributed by atoms with Gasteiger partial charge in [-0.1, -0.05) is 47.1 Å². The third-order valence-corrected chi connectivity index (χ3v) is 4.66. The van der Waals surface area contributed by atoms with Gasteiger partial charge in [-0.05, 0) is 41.3 Å². The molecule has 1 unspecified atom stereocenters. The van der Waals surface area contributed by atoms with E-state index < -0.39 is 0 Å². The summed E-state index contributed by atoms with van der Waals surface area (Å²) in [5.41, 5.74) is 3.37. The van der Waals surface area contributed by atoms with Crippen molar-refractivity contribution in [1.82, 2.24) is 5.32 Å². The van der Waals surface area contributed by atoms with Crippen LogP contribution in [-0.4, -0.2) is 12.5 Å². The number of benzene rings is 2. The van der Waals surface area contributed by atoms with Crippen molar-refractivity contribution in [1.29, 1.82) is 0 Å². The van der Waals surface area contributed by atoms with Crippen LogP contribution in [0.15, 0.2) is 46.9 Å². The van der Waals surface area contributed by atoms with Gasteiger partial charge in [0.2, 0.25) is 5.91 Å². The summed E-state index contributed by atoms with van der Waals surface area (Å²) < 4.78 is 6.55. The van der Waals surface area contributed by atoms with Crippen LogP contribution in [0.5, 0.6) is 5.75 Å². The number of halogens is 1. The van der Waals surface area contributed by atoms with E-state index in [0.29, 0.717) is 6.42 Å². The first-order chi connectivity index (χ1) is 11.2. The average Bonchev–Trinajstić information content (AvgIpc) is 3.01. The highest BCUT2D eigenvalue weighted by Gasteiger charge is 2.16. The van der Waals surface area contributed by atoms with E-state index in [9.17, 15) is 4.79 Å². The Bertz CT molecular complexity index is 697. The van der Waals surface area contributed by atoms with Crippen molar-refractivity contribution in [2.75, 3.05) is 6.61 Å². The first kappa shape index (κ1) is 16.1. The molecule has 120 valence electrons. The fourth-order valence-electron chi connectivity index (χ4n) is 2.90. The lowest BCUT2D eigenvalue weighted by Crippen LogP contribution is -2.29. The summed E-state index contributed by atoms with van der Waals surface area (Å²) in [6.07, 6.45) is 2.20. The summed E-state index contributed by atoms with van der Waals surface area (Å²) in [4.78, 5) is 12.4. The van der Waals surface area contributed by atoms with Gasteiger partial charge in [-0.15, -0.1) is 0 Å². The zero-order chi connectivity index (χ0) is 16.2. The summed E-state index contributed by atoms with van der Waals surface area (Å²) in [6.45, 7) is 2.83. The van der Waals surface area contributed by atoms with E-state index in [4.69, 9.17) is 4.74 Å². The molecule has 1 atom stereocenters. The van der Waals surface area contributed by atoms with Crippen LogP contribution in [0, 0.1) is 0 Å². The number of ether oxygens (including phenoxy) is 1. The minimum atomic E-state index is 0.0494. The van der Waals surface area contributed by atoms with Crippen molar-refractivity contribution in [2.24, 2.45) is 0 Å². The monoisotopic (exact) mass is 373 g/mol. The van der Waals surface area contributed by atoms with Crippen LogP contribution in [0.25, 0.3) is 0 Å². The fraction of sp³-hybridized carbons (Fsp3) is 0.316. The smallest absolute Gasteiger partial charge is 0.224 e. The van der Waals surface area contributed by atoms with Gasteiger partial charge < -0.3 is 10.1 Å². The largest absolute Gasteiger partial charge is 0.493 e. The molecule has 3 rings (SSSR count). The molecule has 0 saturated carbocycles. The number of carbonyl (C=O) groups excluding carboxylic acids is 1. The Morgan fingerprint density at radius 1 is 1.26 bits per heavy atom. The molecule has 0 aromatic heterocycles. The molecule has 1 N–H and O–H groups in total. The van der Waals surface area contributed by atoms with Crippen LogP contribution in [0.1, 0.15) is 36.1 Å². The van der Waals surface area contributed by atoms with Gasteiger partial charge in [0.15, 0.2) is 0 Å². The van der Waals surface area contributed by atoms with E-state index in [-0.39, 0.29) is 11.9 Å². The molecule has 2 aromatic rings. The normalized spacial score (nSPS) is 14.0. The van der Waals surface area contributed by atoms with Gasteiger partial charge in [0.1, 0.15) is 5.75 Å². The van der Waals surface area contributed by atoms with Gasteiger partial charge in [-0.2, -0.15) is 0 Å². The molecule has 0 aliphatic carbocycles. The molecule has 23 heavy (non-hydrogen) atoms. The van der Waals surface area contributed by atoms with Gasteiger partial charge in [0.05, 0.1) is 19.1 Å². The molecule has 0 radical (unpaired) electrons. The molecule has 3 nitrogen and oxygen atoms in total. The maximum absolute atomic E-state index is 12.4. The predicted molar refractivity (Wildman–Crippen MR) is 94.7 cm³/mol. The average molecular weight is 374 g/mol. The molecule has 1 aliphatic heterocycles. The Morgan fingerprint density at radius 2 is 2.04 bits per heavy atom. The molecule has 0 spiro atoms. The molecular weight excluding hydrogens is 354 g/mol. The van der Waals surface area contributed by atoms with Gasteiger partial charge in [-0.3, -0.25) is 4.79 Å². The van der Waals surface area contributed by atoms with E-state index in [1.54, 1.807) is 0 Å². The van der Waals surface area contributed by atoms with Crippen LogP contribution >= 0.6 is 15.9 Å². The number of hydrogen-bond acceptors (Lipinski definition) is 2. The highest BCUT2D eigenvalue weighted by molar-refractivity contribution is 9.10. The van der Waals surface area contributed by atoms with E-state index in [1.165, 1.54) is 5.56 Å². The van der Waals surface area contributed by atoms with Gasteiger partial charge in [-0.25, -0.2) is 0 Å². The quantitative estimate of drug-likeness (QED) is 0.852. The second-order valence-electron chi connectivity index (χ2n) is 5.80. The zero-order valence-corrected chi connectivity index (χ0v) is 14.7. The van der Waals surface area contributed by atoms with Gasteiger partial charge in [0, 0.05) is 10.9 Å². The van der Waals surface area contributed by atoms with Crippen molar-refractivity contribution in [2.45, 2.75) is 32.2 Å². The molecule has 4 heteroatoms. The Morgan fingerprint density at radius 3 is 2.78 bits per heavy atom. The van der Waals surface area contributed by atoms with E-state index >= 15 is 0 Å². The fourth-order valence-corrected chi connectivity index (χ4v) is 3.16. The Kier molecular flexibility index (Phi) is 5.01. The minimum absolute atomic E-state index is 0.0494. The molecular formula is C19H20BrNO2. The van der Waals surface area contributed by atoms with Crippen molar-refractivity contribution >= 4 is 21.8 Å². The molecule has 0 fully saturated rings. The summed E-state index contributed by atoms with van der Waals surface area (Å²) >= 11 is 3.44. The molecule has 1 amide bonds. The maximum Gasteiger partial charge on any atom is 0.224 e. The van der Waals surface area contributed by atoms with Gasteiger partial charge >= 0.3 is 0 Å². The zero-order valence-electron chi connectivity index (χ0n) is 13.1. The van der Waals surface area contributed by atoms with Crippen LogP contribution < -0.4 is 10.1 Å². The Labute approximate surface area is 145 Å². The maximum atomic E-state index is 12.4. The van der Waals surface area contributed by atoms with Crippen molar-refractivity contribution in [3.05, 3.63) is 63.6 Å². The first-order valence-electron chi connectivity index (χ1n) is 7.95. The van der Waals surface area contributed by atoms with E-state index in [1.807, 2.05) is 36.4 Å². The van der Waals surface area contributed by atoms with Crippen molar-refractivity contribution < 1.29 is 9.53 Å².